The summed E-state index contributed by atoms with van der Waals surface area (Å²) in [7, 11) is 0. The Bertz CT molecular complexity index is 679. The van der Waals surface area contributed by atoms with E-state index in [9.17, 15) is 9.59 Å². The van der Waals surface area contributed by atoms with Crippen LogP contribution in [0.3, 0.4) is 0 Å². The van der Waals surface area contributed by atoms with Crippen molar-refractivity contribution in [2.75, 3.05) is 6.54 Å². The van der Waals surface area contributed by atoms with E-state index in [1.165, 1.54) is 4.57 Å². The van der Waals surface area contributed by atoms with Crippen LogP contribution in [0.15, 0.2) is 9.59 Å². The lowest BCUT2D eigenvalue weighted by atomic mass is 10.4. The van der Waals surface area contributed by atoms with Gasteiger partial charge in [0.05, 0.1) is 0 Å². The SMILES string of the molecule is CCn1c(CCN)nc2c1c(=O)[nH]c(=O)n2CC. The number of H-pyrrole nitrogens is 1. The molecular formula is C11H17N5O2. The molecule has 0 aliphatic carbocycles. The Morgan fingerprint density at radius 3 is 2.44 bits per heavy atom. The van der Waals surface area contributed by atoms with Crippen LogP contribution in [0.2, 0.25) is 0 Å². The number of rotatable bonds is 4. The van der Waals surface area contributed by atoms with Gasteiger partial charge in [-0.05, 0) is 20.4 Å². The number of hydrogen-bond donors (Lipinski definition) is 2. The van der Waals surface area contributed by atoms with Gasteiger partial charge in [-0.2, -0.15) is 0 Å². The van der Waals surface area contributed by atoms with Gasteiger partial charge >= 0.3 is 5.69 Å². The molecule has 0 atom stereocenters. The van der Waals surface area contributed by atoms with Crippen molar-refractivity contribution in [1.82, 2.24) is 19.1 Å². The zero-order chi connectivity index (χ0) is 13.3. The van der Waals surface area contributed by atoms with Crippen molar-refractivity contribution < 1.29 is 0 Å². The van der Waals surface area contributed by atoms with E-state index in [2.05, 4.69) is 9.97 Å². The molecule has 18 heavy (non-hydrogen) atoms. The van der Waals surface area contributed by atoms with Gasteiger partial charge in [-0.25, -0.2) is 9.78 Å². The number of fused-ring (bicyclic) bond motifs is 1. The van der Waals surface area contributed by atoms with E-state index in [1.807, 2.05) is 18.4 Å². The van der Waals surface area contributed by atoms with Crippen LogP contribution in [0, 0.1) is 0 Å². The van der Waals surface area contributed by atoms with Crippen molar-refractivity contribution in [3.63, 3.8) is 0 Å². The normalized spacial score (nSPS) is 11.3. The lowest BCUT2D eigenvalue weighted by molar-refractivity contribution is 0.707. The van der Waals surface area contributed by atoms with E-state index < -0.39 is 11.2 Å². The molecule has 0 amide bonds. The molecule has 7 heteroatoms. The summed E-state index contributed by atoms with van der Waals surface area (Å²) in [5, 5.41) is 0. The van der Waals surface area contributed by atoms with Crippen LogP contribution in [0.5, 0.6) is 0 Å². The first-order valence-corrected chi connectivity index (χ1v) is 6.06. The summed E-state index contributed by atoms with van der Waals surface area (Å²) >= 11 is 0. The molecular weight excluding hydrogens is 234 g/mol. The predicted molar refractivity (Wildman–Crippen MR) is 68.7 cm³/mol. The van der Waals surface area contributed by atoms with Crippen molar-refractivity contribution in [2.45, 2.75) is 33.4 Å². The first-order valence-electron chi connectivity index (χ1n) is 6.06. The Morgan fingerprint density at radius 2 is 1.89 bits per heavy atom. The van der Waals surface area contributed by atoms with Gasteiger partial charge < -0.3 is 10.3 Å². The minimum Gasteiger partial charge on any atom is -0.330 e. The number of aryl methyl sites for hydroxylation is 2. The molecule has 0 aromatic carbocycles. The lowest BCUT2D eigenvalue weighted by Gasteiger charge is -2.04. The first-order chi connectivity index (χ1) is 8.63. The fourth-order valence-electron chi connectivity index (χ4n) is 2.17. The van der Waals surface area contributed by atoms with Crippen LogP contribution in [0.1, 0.15) is 19.7 Å². The van der Waals surface area contributed by atoms with Crippen LogP contribution in [-0.4, -0.2) is 25.6 Å². The third kappa shape index (κ3) is 1.76. The van der Waals surface area contributed by atoms with Gasteiger partial charge in [0.2, 0.25) is 0 Å². The Kier molecular flexibility index (Phi) is 3.33. The molecule has 0 unspecified atom stereocenters. The van der Waals surface area contributed by atoms with Crippen LogP contribution >= 0.6 is 0 Å². The van der Waals surface area contributed by atoms with Gasteiger partial charge in [0, 0.05) is 19.5 Å². The number of nitrogens with one attached hydrogen (secondary N) is 1. The zero-order valence-corrected chi connectivity index (χ0v) is 10.6. The summed E-state index contributed by atoms with van der Waals surface area (Å²) in [6.07, 6.45) is 0.583. The second-order valence-electron chi connectivity index (χ2n) is 3.99. The van der Waals surface area contributed by atoms with Gasteiger partial charge in [0.1, 0.15) is 5.82 Å². The molecule has 0 bridgehead atoms. The molecule has 0 aliphatic rings. The maximum Gasteiger partial charge on any atom is 0.330 e. The van der Waals surface area contributed by atoms with E-state index in [0.29, 0.717) is 37.2 Å². The molecule has 2 rings (SSSR count). The van der Waals surface area contributed by atoms with Gasteiger partial charge in [-0.1, -0.05) is 0 Å². The van der Waals surface area contributed by atoms with E-state index in [4.69, 9.17) is 5.73 Å². The second kappa shape index (κ2) is 4.77. The van der Waals surface area contributed by atoms with Crippen molar-refractivity contribution in [1.29, 1.82) is 0 Å². The average molecular weight is 251 g/mol. The van der Waals surface area contributed by atoms with E-state index in [1.54, 1.807) is 0 Å². The van der Waals surface area contributed by atoms with Gasteiger partial charge in [-0.15, -0.1) is 0 Å². The fraction of sp³-hybridized carbons (Fsp3) is 0.545. The highest BCUT2D eigenvalue weighted by Crippen LogP contribution is 2.11. The summed E-state index contributed by atoms with van der Waals surface area (Å²) in [5.41, 5.74) is 5.61. The van der Waals surface area contributed by atoms with Crippen LogP contribution in [-0.2, 0) is 19.5 Å². The summed E-state index contributed by atoms with van der Waals surface area (Å²) in [6, 6.07) is 0. The molecule has 0 saturated carbocycles. The molecule has 98 valence electrons. The average Bonchev–Trinajstić information content (AvgIpc) is 2.68. The van der Waals surface area contributed by atoms with E-state index in [-0.39, 0.29) is 0 Å². The Morgan fingerprint density at radius 1 is 1.22 bits per heavy atom. The molecule has 0 spiro atoms. The Balaban J connectivity index is 2.90. The van der Waals surface area contributed by atoms with Crippen molar-refractivity contribution in [2.24, 2.45) is 5.73 Å². The number of aromatic amines is 1. The Hall–Kier alpha value is -1.89. The predicted octanol–water partition coefficient (Wildman–Crippen LogP) is -0.573. The quantitative estimate of drug-likeness (QED) is 0.760. The zero-order valence-electron chi connectivity index (χ0n) is 10.6. The largest absolute Gasteiger partial charge is 0.330 e. The van der Waals surface area contributed by atoms with Gasteiger partial charge in [-0.3, -0.25) is 14.3 Å². The standard InChI is InChI=1S/C11H17N5O2/c1-3-15-7(5-6-12)13-9-8(15)10(17)14-11(18)16(9)4-2/h3-6,12H2,1-2H3,(H,14,17,18). The molecule has 7 nitrogen and oxygen atoms in total. The smallest absolute Gasteiger partial charge is 0.330 e. The van der Waals surface area contributed by atoms with Crippen molar-refractivity contribution in [3.05, 3.63) is 26.7 Å². The molecule has 2 heterocycles. The number of nitrogens with two attached hydrogens (primary N) is 1. The molecule has 0 fully saturated rings. The fourth-order valence-corrected chi connectivity index (χ4v) is 2.17. The number of imidazole rings is 1. The third-order valence-electron chi connectivity index (χ3n) is 2.97. The molecule has 3 N–H and O–H groups in total. The summed E-state index contributed by atoms with van der Waals surface area (Å²) in [6.45, 7) is 5.32. The minimum atomic E-state index is -0.421. The third-order valence-corrected chi connectivity index (χ3v) is 2.97. The number of nitrogens with zero attached hydrogens (tertiary/aromatic N) is 3. The maximum atomic E-state index is 11.9. The van der Waals surface area contributed by atoms with Crippen molar-refractivity contribution >= 4 is 11.2 Å². The molecule has 2 aromatic rings. The highest BCUT2D eigenvalue weighted by Gasteiger charge is 2.16. The van der Waals surface area contributed by atoms with E-state index >= 15 is 0 Å². The molecule has 0 saturated heterocycles. The van der Waals surface area contributed by atoms with Crippen molar-refractivity contribution in [3.8, 4) is 0 Å². The topological polar surface area (TPSA) is 98.7 Å². The minimum absolute atomic E-state index is 0.391. The van der Waals surface area contributed by atoms with Gasteiger partial charge in [0.25, 0.3) is 5.56 Å². The van der Waals surface area contributed by atoms with E-state index in [0.717, 1.165) is 5.82 Å². The van der Waals surface area contributed by atoms with Crippen LogP contribution in [0.4, 0.5) is 0 Å². The number of hydrogen-bond acceptors (Lipinski definition) is 4. The monoisotopic (exact) mass is 251 g/mol. The molecule has 0 radical (unpaired) electrons. The Labute approximate surface area is 103 Å². The molecule has 0 aliphatic heterocycles. The van der Waals surface area contributed by atoms with Crippen LogP contribution in [0.25, 0.3) is 11.2 Å². The van der Waals surface area contributed by atoms with Crippen LogP contribution < -0.4 is 17.0 Å². The summed E-state index contributed by atoms with van der Waals surface area (Å²) < 4.78 is 3.27. The summed E-state index contributed by atoms with van der Waals surface area (Å²) in [4.78, 5) is 30.3. The first kappa shape index (κ1) is 12.6. The lowest BCUT2D eigenvalue weighted by Crippen LogP contribution is -2.30. The van der Waals surface area contributed by atoms with Gasteiger partial charge in [0.15, 0.2) is 11.2 Å². The highest BCUT2D eigenvalue weighted by atomic mass is 16.2. The highest BCUT2D eigenvalue weighted by molar-refractivity contribution is 5.70. The summed E-state index contributed by atoms with van der Waals surface area (Å²) in [5.74, 6) is 0.744. The maximum absolute atomic E-state index is 11.9. The second-order valence-corrected chi connectivity index (χ2v) is 3.99. The number of aromatic nitrogens is 4. The molecule has 2 aromatic heterocycles.